The molecule has 2 amide bonds. The predicted octanol–water partition coefficient (Wildman–Crippen LogP) is 1.38. The summed E-state index contributed by atoms with van der Waals surface area (Å²) in [6.07, 6.45) is 4.16. The fraction of sp³-hybridized carbons (Fsp3) is 0.533. The van der Waals surface area contributed by atoms with E-state index in [9.17, 15) is 9.59 Å². The minimum absolute atomic E-state index is 0.181. The summed E-state index contributed by atoms with van der Waals surface area (Å²) in [6, 6.07) is 3.11. The number of pyridine rings is 1. The number of carbonyl (C=O) groups excluding carboxylic acids is 2. The number of hydrogen-bond donors (Lipinski definition) is 2. The van der Waals surface area contributed by atoms with Gasteiger partial charge in [-0.15, -0.1) is 0 Å². The predicted molar refractivity (Wildman–Crippen MR) is 80.3 cm³/mol. The van der Waals surface area contributed by atoms with E-state index in [0.717, 1.165) is 19.3 Å². The second-order valence-corrected chi connectivity index (χ2v) is 4.64. The van der Waals surface area contributed by atoms with Crippen molar-refractivity contribution in [2.75, 3.05) is 26.8 Å². The monoisotopic (exact) mass is 293 g/mol. The molecule has 116 valence electrons. The van der Waals surface area contributed by atoms with Crippen LogP contribution < -0.4 is 10.6 Å². The Labute approximate surface area is 125 Å². The molecule has 0 radical (unpaired) electrons. The lowest BCUT2D eigenvalue weighted by molar-refractivity contribution is 0.0943. The summed E-state index contributed by atoms with van der Waals surface area (Å²) >= 11 is 0. The third-order valence-corrected chi connectivity index (χ3v) is 2.88. The zero-order chi connectivity index (χ0) is 15.5. The quantitative estimate of drug-likeness (QED) is 0.674. The second kappa shape index (κ2) is 9.88. The van der Waals surface area contributed by atoms with E-state index in [4.69, 9.17) is 4.74 Å². The van der Waals surface area contributed by atoms with Crippen LogP contribution in [0.2, 0.25) is 0 Å². The van der Waals surface area contributed by atoms with Crippen LogP contribution in [0.25, 0.3) is 0 Å². The molecule has 21 heavy (non-hydrogen) atoms. The maximum Gasteiger partial charge on any atom is 0.269 e. The molecule has 0 aliphatic rings. The number of nitrogens with one attached hydrogen (secondary N) is 2. The van der Waals surface area contributed by atoms with Gasteiger partial charge in [-0.1, -0.05) is 13.3 Å². The SMILES string of the molecule is CCCCNC(=O)c1ccnc(C(=O)NCCCOC)c1. The Morgan fingerprint density at radius 3 is 2.62 bits per heavy atom. The highest BCUT2D eigenvalue weighted by Crippen LogP contribution is 2.02. The number of ether oxygens (including phenoxy) is 1. The van der Waals surface area contributed by atoms with Gasteiger partial charge in [-0.2, -0.15) is 0 Å². The fourth-order valence-corrected chi connectivity index (χ4v) is 1.69. The van der Waals surface area contributed by atoms with Crippen molar-refractivity contribution in [1.82, 2.24) is 15.6 Å². The Hall–Kier alpha value is -1.95. The van der Waals surface area contributed by atoms with Crippen LogP contribution in [0.5, 0.6) is 0 Å². The Morgan fingerprint density at radius 2 is 1.90 bits per heavy atom. The van der Waals surface area contributed by atoms with Crippen molar-refractivity contribution in [3.8, 4) is 0 Å². The van der Waals surface area contributed by atoms with Crippen LogP contribution in [0.1, 0.15) is 47.0 Å². The van der Waals surface area contributed by atoms with E-state index in [1.807, 2.05) is 0 Å². The van der Waals surface area contributed by atoms with E-state index in [1.165, 1.54) is 12.3 Å². The molecule has 6 nitrogen and oxygen atoms in total. The number of carbonyl (C=O) groups is 2. The highest BCUT2D eigenvalue weighted by atomic mass is 16.5. The molecule has 0 aromatic carbocycles. The zero-order valence-electron chi connectivity index (χ0n) is 12.6. The van der Waals surface area contributed by atoms with Crippen LogP contribution in [-0.2, 0) is 4.74 Å². The van der Waals surface area contributed by atoms with Gasteiger partial charge in [0, 0.05) is 38.6 Å². The lowest BCUT2D eigenvalue weighted by atomic mass is 10.2. The van der Waals surface area contributed by atoms with Crippen molar-refractivity contribution >= 4 is 11.8 Å². The molecular weight excluding hydrogens is 270 g/mol. The summed E-state index contributed by atoms with van der Waals surface area (Å²) in [5, 5.41) is 5.55. The maximum atomic E-state index is 11.9. The van der Waals surface area contributed by atoms with Crippen molar-refractivity contribution in [2.45, 2.75) is 26.2 Å². The van der Waals surface area contributed by atoms with Crippen LogP contribution in [0, 0.1) is 0 Å². The molecule has 0 saturated carbocycles. The largest absolute Gasteiger partial charge is 0.385 e. The van der Waals surface area contributed by atoms with E-state index in [0.29, 0.717) is 25.3 Å². The first kappa shape index (κ1) is 17.1. The number of methoxy groups -OCH3 is 1. The van der Waals surface area contributed by atoms with Crippen LogP contribution in [0.3, 0.4) is 0 Å². The Morgan fingerprint density at radius 1 is 1.19 bits per heavy atom. The van der Waals surface area contributed by atoms with Crippen LogP contribution >= 0.6 is 0 Å². The number of amides is 2. The van der Waals surface area contributed by atoms with Crippen LogP contribution in [-0.4, -0.2) is 43.6 Å². The molecule has 2 N–H and O–H groups in total. The third-order valence-electron chi connectivity index (χ3n) is 2.88. The van der Waals surface area contributed by atoms with E-state index in [2.05, 4.69) is 22.5 Å². The van der Waals surface area contributed by atoms with Gasteiger partial charge >= 0.3 is 0 Å². The average Bonchev–Trinajstić information content (AvgIpc) is 2.51. The maximum absolute atomic E-state index is 11.9. The van der Waals surface area contributed by atoms with Crippen LogP contribution in [0.15, 0.2) is 18.3 Å². The van der Waals surface area contributed by atoms with Crippen molar-refractivity contribution in [3.05, 3.63) is 29.6 Å². The number of aromatic nitrogens is 1. The fourth-order valence-electron chi connectivity index (χ4n) is 1.69. The van der Waals surface area contributed by atoms with Gasteiger partial charge in [0.05, 0.1) is 0 Å². The zero-order valence-corrected chi connectivity index (χ0v) is 12.6. The van der Waals surface area contributed by atoms with Crippen molar-refractivity contribution in [1.29, 1.82) is 0 Å². The Bertz CT molecular complexity index is 463. The lowest BCUT2D eigenvalue weighted by Crippen LogP contribution is -2.28. The molecule has 6 heteroatoms. The summed E-state index contributed by atoms with van der Waals surface area (Å²) in [5.74, 6) is -0.464. The van der Waals surface area contributed by atoms with E-state index >= 15 is 0 Å². The highest BCUT2D eigenvalue weighted by molar-refractivity contribution is 5.98. The number of unbranched alkanes of at least 4 members (excludes halogenated alkanes) is 1. The summed E-state index contributed by atoms with van der Waals surface area (Å²) in [5.41, 5.74) is 0.693. The summed E-state index contributed by atoms with van der Waals surface area (Å²) in [4.78, 5) is 27.8. The molecule has 0 aliphatic heterocycles. The first-order chi connectivity index (χ1) is 10.2. The van der Waals surface area contributed by atoms with Gasteiger partial charge in [-0.3, -0.25) is 14.6 Å². The minimum atomic E-state index is -0.283. The van der Waals surface area contributed by atoms with Gasteiger partial charge in [0.15, 0.2) is 0 Å². The first-order valence-corrected chi connectivity index (χ1v) is 7.20. The molecule has 1 aromatic rings. The molecule has 0 atom stereocenters. The molecule has 1 heterocycles. The van der Waals surface area contributed by atoms with Gasteiger partial charge in [0.25, 0.3) is 11.8 Å². The number of hydrogen-bond acceptors (Lipinski definition) is 4. The van der Waals surface area contributed by atoms with Gasteiger partial charge in [-0.05, 0) is 25.0 Å². The molecule has 0 unspecified atom stereocenters. The average molecular weight is 293 g/mol. The minimum Gasteiger partial charge on any atom is -0.385 e. The van der Waals surface area contributed by atoms with Crippen molar-refractivity contribution in [3.63, 3.8) is 0 Å². The van der Waals surface area contributed by atoms with Crippen molar-refractivity contribution in [2.24, 2.45) is 0 Å². The first-order valence-electron chi connectivity index (χ1n) is 7.20. The third kappa shape index (κ3) is 6.35. The lowest BCUT2D eigenvalue weighted by Gasteiger charge is -2.07. The molecule has 1 rings (SSSR count). The molecule has 0 spiro atoms. The number of rotatable bonds is 9. The summed E-state index contributed by atoms with van der Waals surface area (Å²) in [6.45, 7) is 3.80. The molecule has 0 bridgehead atoms. The molecule has 0 saturated heterocycles. The van der Waals surface area contributed by atoms with Gasteiger partial charge in [0.1, 0.15) is 5.69 Å². The van der Waals surface area contributed by atoms with Crippen LogP contribution in [0.4, 0.5) is 0 Å². The van der Waals surface area contributed by atoms with E-state index < -0.39 is 0 Å². The van der Waals surface area contributed by atoms with Gasteiger partial charge in [0.2, 0.25) is 0 Å². The smallest absolute Gasteiger partial charge is 0.269 e. The summed E-state index contributed by atoms with van der Waals surface area (Å²) in [7, 11) is 1.62. The Balaban J connectivity index is 2.54. The van der Waals surface area contributed by atoms with Gasteiger partial charge < -0.3 is 15.4 Å². The topological polar surface area (TPSA) is 80.3 Å². The van der Waals surface area contributed by atoms with Crippen molar-refractivity contribution < 1.29 is 14.3 Å². The highest BCUT2D eigenvalue weighted by Gasteiger charge is 2.11. The summed E-state index contributed by atoms with van der Waals surface area (Å²) < 4.78 is 4.91. The van der Waals surface area contributed by atoms with Gasteiger partial charge in [-0.25, -0.2) is 0 Å². The molecule has 0 aliphatic carbocycles. The van der Waals surface area contributed by atoms with E-state index in [-0.39, 0.29) is 17.5 Å². The second-order valence-electron chi connectivity index (χ2n) is 4.64. The molecule has 1 aromatic heterocycles. The molecular formula is C15H23N3O3. The van der Waals surface area contributed by atoms with E-state index in [1.54, 1.807) is 13.2 Å². The normalized spacial score (nSPS) is 10.2. The molecule has 0 fully saturated rings. The Kier molecular flexibility index (Phi) is 8.04. The standard InChI is InChI=1S/C15H23N3O3/c1-3-4-7-17-14(19)12-6-9-16-13(11-12)15(20)18-8-5-10-21-2/h6,9,11H,3-5,7-8,10H2,1-2H3,(H,17,19)(H,18,20). The number of nitrogens with zero attached hydrogens (tertiary/aromatic N) is 1.